The van der Waals surface area contributed by atoms with Crippen molar-refractivity contribution in [3.8, 4) is 11.5 Å². The van der Waals surface area contributed by atoms with Gasteiger partial charge in [0.1, 0.15) is 17.3 Å². The third kappa shape index (κ3) is 6.06. The predicted octanol–water partition coefficient (Wildman–Crippen LogP) is 2.43. The molecule has 0 unspecified atom stereocenters. The Bertz CT molecular complexity index is 1550. The molecule has 2 aromatic carbocycles. The van der Waals surface area contributed by atoms with Gasteiger partial charge in [-0.05, 0) is 56.1 Å². The van der Waals surface area contributed by atoms with Crippen LogP contribution in [0.15, 0.2) is 42.2 Å². The van der Waals surface area contributed by atoms with Crippen molar-refractivity contribution in [2.75, 3.05) is 85.0 Å². The van der Waals surface area contributed by atoms with Crippen molar-refractivity contribution in [2.24, 2.45) is 5.73 Å². The minimum absolute atomic E-state index is 0.179. The summed E-state index contributed by atoms with van der Waals surface area (Å²) in [7, 11) is 6.01. The molecule has 2 amide bonds. The molecule has 3 aromatic rings. The Morgan fingerprint density at radius 2 is 1.70 bits per heavy atom. The molecule has 3 aliphatic heterocycles. The number of piperazine rings is 2. The summed E-state index contributed by atoms with van der Waals surface area (Å²) < 4.78 is 14.2. The maximum Gasteiger partial charge on any atom is 0.312 e. The Morgan fingerprint density at radius 1 is 0.977 bits per heavy atom. The molecule has 0 aliphatic carbocycles. The van der Waals surface area contributed by atoms with Crippen LogP contribution in [0, 0.1) is 0 Å². The lowest BCUT2D eigenvalue weighted by molar-refractivity contribution is 0.101. The lowest BCUT2D eigenvalue weighted by Crippen LogP contribution is -2.46. The molecule has 2 fully saturated rings. The molecule has 0 spiro atoms. The van der Waals surface area contributed by atoms with Crippen molar-refractivity contribution in [3.05, 3.63) is 58.8 Å². The third-order valence-corrected chi connectivity index (χ3v) is 8.79. The number of nitrogens with two attached hydrogens (primary N) is 1. The van der Waals surface area contributed by atoms with Gasteiger partial charge in [-0.3, -0.25) is 9.69 Å². The van der Waals surface area contributed by atoms with Crippen molar-refractivity contribution in [1.29, 1.82) is 0 Å². The molecular formula is C32H41N7O4. The van der Waals surface area contributed by atoms with E-state index in [-0.39, 0.29) is 18.1 Å². The maximum absolute atomic E-state index is 13.7. The van der Waals surface area contributed by atoms with Gasteiger partial charge in [0.25, 0.3) is 0 Å². The first-order valence-electron chi connectivity index (χ1n) is 15.0. The van der Waals surface area contributed by atoms with Gasteiger partial charge >= 0.3 is 6.03 Å². The van der Waals surface area contributed by atoms with Crippen molar-refractivity contribution < 1.29 is 19.1 Å². The molecular weight excluding hydrogens is 546 g/mol. The molecule has 3 aliphatic rings. The summed E-state index contributed by atoms with van der Waals surface area (Å²) in [6.07, 6.45) is 1.91. The number of ketones is 1. The zero-order chi connectivity index (χ0) is 30.1. The number of aromatic nitrogens is 1. The number of methoxy groups -OCH3 is 1. The van der Waals surface area contributed by atoms with Crippen molar-refractivity contribution >= 4 is 34.6 Å². The predicted molar refractivity (Wildman–Crippen MR) is 168 cm³/mol. The Morgan fingerprint density at radius 3 is 2.40 bits per heavy atom. The number of nitrogens with one attached hydrogen (secondary N) is 1. The fourth-order valence-corrected chi connectivity index (χ4v) is 6.18. The standard InChI is InChI=1S/C32H41N7O4/c1-35-8-12-37(13-9-35)14-17-39-27-6-5-23(42-3)19-24(27)25(31(39)38-15-10-36(2)11-16-38)20-29-30(40)26-18-22(21-34-32(33)41)4-7-28(26)43-29/h4-7,18-20H,8-17,21H2,1-3H3,(H3,33,34,41). The van der Waals surface area contributed by atoms with Gasteiger partial charge in [0.2, 0.25) is 5.78 Å². The number of rotatable bonds is 8. The molecule has 2 saturated heterocycles. The highest BCUT2D eigenvalue weighted by Gasteiger charge is 2.31. The molecule has 3 N–H and O–H groups in total. The minimum Gasteiger partial charge on any atom is -0.497 e. The number of Topliss-reactive ketones (excluding diaryl/α,β-unsaturated/α-hetero) is 1. The molecule has 4 heterocycles. The largest absolute Gasteiger partial charge is 0.497 e. The lowest BCUT2D eigenvalue weighted by atomic mass is 10.0. The molecule has 11 nitrogen and oxygen atoms in total. The molecule has 43 heavy (non-hydrogen) atoms. The van der Waals surface area contributed by atoms with E-state index >= 15 is 0 Å². The summed E-state index contributed by atoms with van der Waals surface area (Å²) in [5.74, 6) is 2.49. The van der Waals surface area contributed by atoms with E-state index in [1.165, 1.54) is 0 Å². The van der Waals surface area contributed by atoms with E-state index in [9.17, 15) is 9.59 Å². The lowest BCUT2D eigenvalue weighted by Gasteiger charge is -2.36. The number of anilines is 1. The van der Waals surface area contributed by atoms with Crippen LogP contribution in [0.2, 0.25) is 0 Å². The number of ether oxygens (including phenoxy) is 2. The number of hydrogen-bond donors (Lipinski definition) is 2. The Hall–Kier alpha value is -4.06. The molecule has 0 saturated carbocycles. The highest BCUT2D eigenvalue weighted by Crippen LogP contribution is 2.40. The Kier molecular flexibility index (Phi) is 8.29. The van der Waals surface area contributed by atoms with Crippen LogP contribution in [0.25, 0.3) is 17.0 Å². The first-order chi connectivity index (χ1) is 20.8. The highest BCUT2D eigenvalue weighted by molar-refractivity contribution is 6.16. The summed E-state index contributed by atoms with van der Waals surface area (Å²) in [6, 6.07) is 11.0. The molecule has 6 rings (SSSR count). The van der Waals surface area contributed by atoms with E-state index < -0.39 is 6.03 Å². The minimum atomic E-state index is -0.612. The number of hydrogen-bond acceptors (Lipinski definition) is 8. The first kappa shape index (κ1) is 29.0. The number of carbonyl (C=O) groups is 2. The van der Waals surface area contributed by atoms with Crippen LogP contribution in [-0.2, 0) is 13.1 Å². The second-order valence-electron chi connectivity index (χ2n) is 11.7. The molecule has 228 valence electrons. The fourth-order valence-electron chi connectivity index (χ4n) is 6.18. The summed E-state index contributed by atoms with van der Waals surface area (Å²) in [6.45, 7) is 9.99. The SMILES string of the molecule is COc1ccc2c(c1)c(C=C1Oc3ccc(CNC(N)=O)cc3C1=O)c(N1CCN(C)CC1)n2CCN1CCN(C)CC1. The number of carbonyl (C=O) groups excluding carboxylic acids is 2. The van der Waals surface area contributed by atoms with Gasteiger partial charge < -0.3 is 39.8 Å². The highest BCUT2D eigenvalue weighted by atomic mass is 16.5. The number of allylic oxidation sites excluding steroid dienone is 1. The van der Waals surface area contributed by atoms with Gasteiger partial charge in [0.05, 0.1) is 18.2 Å². The van der Waals surface area contributed by atoms with E-state index in [0.717, 1.165) is 99.0 Å². The van der Waals surface area contributed by atoms with Crippen LogP contribution in [0.4, 0.5) is 10.6 Å². The number of nitrogens with zero attached hydrogens (tertiary/aromatic N) is 5. The number of amides is 2. The number of benzene rings is 2. The average Bonchev–Trinajstić information content (AvgIpc) is 3.49. The van der Waals surface area contributed by atoms with Crippen LogP contribution in [0.3, 0.4) is 0 Å². The van der Waals surface area contributed by atoms with E-state index in [1.807, 2.05) is 18.2 Å². The summed E-state index contributed by atoms with van der Waals surface area (Å²) in [4.78, 5) is 34.6. The number of urea groups is 1. The van der Waals surface area contributed by atoms with Gasteiger partial charge in [-0.1, -0.05) is 6.07 Å². The van der Waals surface area contributed by atoms with Gasteiger partial charge in [0, 0.05) is 82.9 Å². The average molecular weight is 588 g/mol. The summed E-state index contributed by atoms with van der Waals surface area (Å²) in [5, 5.41) is 3.61. The Balaban J connectivity index is 1.41. The van der Waals surface area contributed by atoms with Crippen LogP contribution in [0.1, 0.15) is 21.5 Å². The maximum atomic E-state index is 13.7. The molecule has 0 radical (unpaired) electrons. The van der Waals surface area contributed by atoms with E-state index in [1.54, 1.807) is 19.2 Å². The molecule has 1 aromatic heterocycles. The second-order valence-corrected chi connectivity index (χ2v) is 11.7. The van der Waals surface area contributed by atoms with Crippen LogP contribution in [-0.4, -0.2) is 111 Å². The normalized spacial score (nSPS) is 19.2. The first-order valence-corrected chi connectivity index (χ1v) is 15.0. The molecule has 0 atom stereocenters. The van der Waals surface area contributed by atoms with Crippen molar-refractivity contribution in [3.63, 3.8) is 0 Å². The molecule has 0 bridgehead atoms. The van der Waals surface area contributed by atoms with E-state index in [2.05, 4.69) is 55.7 Å². The summed E-state index contributed by atoms with van der Waals surface area (Å²) >= 11 is 0. The Labute approximate surface area is 252 Å². The quantitative estimate of drug-likeness (QED) is 0.387. The van der Waals surface area contributed by atoms with Crippen molar-refractivity contribution in [1.82, 2.24) is 24.6 Å². The van der Waals surface area contributed by atoms with Crippen LogP contribution in [0.5, 0.6) is 11.5 Å². The zero-order valence-corrected chi connectivity index (χ0v) is 25.3. The number of primary amides is 1. The third-order valence-electron chi connectivity index (χ3n) is 8.79. The van der Waals surface area contributed by atoms with E-state index in [0.29, 0.717) is 11.3 Å². The van der Waals surface area contributed by atoms with Crippen LogP contribution >= 0.6 is 0 Å². The molecule has 11 heteroatoms. The van der Waals surface area contributed by atoms with Crippen molar-refractivity contribution in [2.45, 2.75) is 13.1 Å². The van der Waals surface area contributed by atoms with Crippen LogP contribution < -0.4 is 25.4 Å². The van der Waals surface area contributed by atoms with E-state index in [4.69, 9.17) is 15.2 Å². The van der Waals surface area contributed by atoms with Gasteiger partial charge in [-0.15, -0.1) is 0 Å². The second kappa shape index (κ2) is 12.3. The zero-order valence-electron chi connectivity index (χ0n) is 25.3. The van der Waals surface area contributed by atoms with Gasteiger partial charge in [0.15, 0.2) is 5.76 Å². The number of fused-ring (bicyclic) bond motifs is 2. The fraction of sp³-hybridized carbons (Fsp3) is 0.438. The smallest absolute Gasteiger partial charge is 0.312 e. The van der Waals surface area contributed by atoms with Gasteiger partial charge in [-0.2, -0.15) is 0 Å². The number of likely N-dealkylation sites (N-methyl/N-ethyl adjacent to an activating group) is 2. The topological polar surface area (TPSA) is 109 Å². The monoisotopic (exact) mass is 587 g/mol. The van der Waals surface area contributed by atoms with Gasteiger partial charge in [-0.25, -0.2) is 4.79 Å². The summed E-state index contributed by atoms with van der Waals surface area (Å²) in [5.41, 5.74) is 8.56.